The summed E-state index contributed by atoms with van der Waals surface area (Å²) >= 11 is 0. The largest absolute Gasteiger partial charge is 0.491 e. The third kappa shape index (κ3) is 35.0. The van der Waals surface area contributed by atoms with Gasteiger partial charge < -0.3 is 52.1 Å². The summed E-state index contributed by atoms with van der Waals surface area (Å²) in [6, 6.07) is 8.44. The van der Waals surface area contributed by atoms with Gasteiger partial charge in [-0.1, -0.05) is 57.6 Å². The van der Waals surface area contributed by atoms with Crippen LogP contribution in [0.5, 0.6) is 5.75 Å². The summed E-state index contributed by atoms with van der Waals surface area (Å²) in [5.41, 5.74) is 0.867. The Kier molecular flexibility index (Phi) is 32.5. The highest BCUT2D eigenvalue weighted by atomic mass is 16.6. The lowest BCUT2D eigenvalue weighted by Gasteiger charge is -2.19. The molecular weight excluding hydrogens is 660 g/mol. The molecule has 0 N–H and O–H groups in total. The maximum absolute atomic E-state index is 11.5. The van der Waals surface area contributed by atoms with Gasteiger partial charge in [-0.3, -0.25) is 0 Å². The monoisotopic (exact) mass is 730 g/mol. The van der Waals surface area contributed by atoms with Crippen LogP contribution in [-0.2, 0) is 58.6 Å². The Balaban J connectivity index is 1.71. The van der Waals surface area contributed by atoms with E-state index in [2.05, 4.69) is 31.2 Å². The Labute approximate surface area is 308 Å². The summed E-state index contributed by atoms with van der Waals surface area (Å²) < 4.78 is 60.1. The zero-order valence-electron chi connectivity index (χ0n) is 32.3. The van der Waals surface area contributed by atoms with Crippen LogP contribution in [0.3, 0.4) is 0 Å². The fourth-order valence-corrected chi connectivity index (χ4v) is 4.54. The molecular formula is C39H70O12. The fraction of sp³-hybridized carbons (Fsp3) is 0.821. The topological polar surface area (TPSA) is 119 Å². The van der Waals surface area contributed by atoms with Crippen molar-refractivity contribution in [2.75, 3.05) is 126 Å². The molecule has 0 aliphatic heterocycles. The zero-order chi connectivity index (χ0) is 36.9. The van der Waals surface area contributed by atoms with Gasteiger partial charge in [0.25, 0.3) is 0 Å². The van der Waals surface area contributed by atoms with E-state index in [0.29, 0.717) is 119 Å². The van der Waals surface area contributed by atoms with E-state index in [1.54, 1.807) is 0 Å². The van der Waals surface area contributed by atoms with Crippen LogP contribution in [-0.4, -0.2) is 137 Å². The molecule has 0 fully saturated rings. The van der Waals surface area contributed by atoms with E-state index in [1.165, 1.54) is 50.5 Å². The predicted molar refractivity (Wildman–Crippen MR) is 197 cm³/mol. The number of benzene rings is 1. The molecule has 0 bridgehead atoms. The standard InChI is InChI=1S/C39H70O12/c1-5-6-7-8-9-10-11-12-36-13-15-37(16-14-36)50-34-33-48-30-29-46-26-25-44-22-21-42-18-17-41-19-20-43-23-24-45-27-28-47-31-32-49-35-38(40)51-39(2,3)4/h13-16H,5-12,17-35H2,1-4H3. The number of rotatable bonds is 38. The van der Waals surface area contributed by atoms with E-state index in [0.717, 1.165) is 12.2 Å². The molecule has 0 unspecified atom stereocenters. The Morgan fingerprint density at radius 3 is 1.22 bits per heavy atom. The molecule has 1 rings (SSSR count). The maximum Gasteiger partial charge on any atom is 0.332 e. The first-order valence-electron chi connectivity index (χ1n) is 19.0. The highest BCUT2D eigenvalue weighted by Crippen LogP contribution is 2.15. The lowest BCUT2D eigenvalue weighted by atomic mass is 10.0. The molecule has 1 aromatic carbocycles. The second-order valence-corrected chi connectivity index (χ2v) is 12.9. The molecule has 1 aromatic rings. The van der Waals surface area contributed by atoms with Crippen molar-refractivity contribution in [3.05, 3.63) is 29.8 Å². The number of carbonyl (C=O) groups is 1. The normalized spacial score (nSPS) is 11.7. The Morgan fingerprint density at radius 1 is 0.471 bits per heavy atom. The van der Waals surface area contributed by atoms with E-state index in [4.69, 9.17) is 52.1 Å². The van der Waals surface area contributed by atoms with Crippen LogP contribution in [0.15, 0.2) is 24.3 Å². The summed E-state index contributed by atoms with van der Waals surface area (Å²) in [5.74, 6) is 0.499. The van der Waals surface area contributed by atoms with Crippen molar-refractivity contribution < 1.29 is 56.9 Å². The molecule has 12 heteroatoms. The molecule has 0 aliphatic carbocycles. The van der Waals surface area contributed by atoms with E-state index in [-0.39, 0.29) is 12.6 Å². The van der Waals surface area contributed by atoms with Crippen molar-refractivity contribution >= 4 is 5.97 Å². The van der Waals surface area contributed by atoms with Gasteiger partial charge in [0.05, 0.1) is 112 Å². The number of carbonyl (C=O) groups excluding carboxylic acids is 1. The minimum Gasteiger partial charge on any atom is -0.491 e. The number of esters is 1. The van der Waals surface area contributed by atoms with Crippen LogP contribution >= 0.6 is 0 Å². The SMILES string of the molecule is CCCCCCCCCc1ccc(OCCOCCOCCOCCOCCOCCOCCOCCOCCOCC(=O)OC(C)(C)C)cc1. The van der Waals surface area contributed by atoms with Crippen molar-refractivity contribution in [2.45, 2.75) is 84.7 Å². The number of unbranched alkanes of at least 4 members (excludes halogenated alkanes) is 6. The summed E-state index contributed by atoms with van der Waals surface area (Å²) in [5, 5.41) is 0. The smallest absolute Gasteiger partial charge is 0.332 e. The second-order valence-electron chi connectivity index (χ2n) is 12.9. The van der Waals surface area contributed by atoms with Gasteiger partial charge in [-0.15, -0.1) is 0 Å². The first-order chi connectivity index (χ1) is 24.9. The van der Waals surface area contributed by atoms with Gasteiger partial charge in [0, 0.05) is 0 Å². The maximum atomic E-state index is 11.5. The first kappa shape index (κ1) is 47.2. The minimum atomic E-state index is -0.510. The van der Waals surface area contributed by atoms with Crippen molar-refractivity contribution in [1.82, 2.24) is 0 Å². The third-order valence-corrected chi connectivity index (χ3v) is 7.10. The molecule has 0 atom stereocenters. The van der Waals surface area contributed by atoms with Gasteiger partial charge in [0.15, 0.2) is 0 Å². The second kappa shape index (κ2) is 35.2. The average molecular weight is 731 g/mol. The van der Waals surface area contributed by atoms with Gasteiger partial charge in [-0.2, -0.15) is 0 Å². The summed E-state index contributed by atoms with van der Waals surface area (Å²) in [4.78, 5) is 11.5. The fourth-order valence-electron chi connectivity index (χ4n) is 4.54. The molecule has 0 heterocycles. The highest BCUT2D eigenvalue weighted by molar-refractivity contribution is 5.71. The molecule has 51 heavy (non-hydrogen) atoms. The van der Waals surface area contributed by atoms with E-state index in [1.807, 2.05) is 20.8 Å². The van der Waals surface area contributed by atoms with Gasteiger partial charge in [-0.05, 0) is 51.3 Å². The van der Waals surface area contributed by atoms with Gasteiger partial charge in [0.2, 0.25) is 0 Å². The van der Waals surface area contributed by atoms with Crippen LogP contribution < -0.4 is 4.74 Å². The van der Waals surface area contributed by atoms with E-state index >= 15 is 0 Å². The molecule has 0 saturated heterocycles. The van der Waals surface area contributed by atoms with Crippen LogP contribution in [0.1, 0.15) is 78.2 Å². The van der Waals surface area contributed by atoms with E-state index < -0.39 is 5.60 Å². The molecule has 0 radical (unpaired) electrons. The lowest BCUT2D eigenvalue weighted by Crippen LogP contribution is -2.27. The lowest BCUT2D eigenvalue weighted by molar-refractivity contribution is -0.160. The first-order valence-corrected chi connectivity index (χ1v) is 19.0. The molecule has 0 amide bonds. The van der Waals surface area contributed by atoms with Crippen LogP contribution in [0.4, 0.5) is 0 Å². The van der Waals surface area contributed by atoms with Gasteiger partial charge in [-0.25, -0.2) is 4.79 Å². The van der Waals surface area contributed by atoms with Gasteiger partial charge >= 0.3 is 5.97 Å². The molecule has 0 aliphatic rings. The third-order valence-electron chi connectivity index (χ3n) is 7.10. The van der Waals surface area contributed by atoms with Crippen LogP contribution in [0.2, 0.25) is 0 Å². The number of aryl methyl sites for hydroxylation is 1. The number of hydrogen-bond acceptors (Lipinski definition) is 12. The van der Waals surface area contributed by atoms with E-state index in [9.17, 15) is 4.79 Å². The molecule has 0 saturated carbocycles. The van der Waals surface area contributed by atoms with Crippen LogP contribution in [0.25, 0.3) is 0 Å². The summed E-state index contributed by atoms with van der Waals surface area (Å²) in [6.45, 7) is 16.3. The average Bonchev–Trinajstić information content (AvgIpc) is 3.10. The number of hydrogen-bond donors (Lipinski definition) is 0. The molecule has 0 aromatic heterocycles. The summed E-state index contributed by atoms with van der Waals surface area (Å²) in [6.07, 6.45) is 10.5. The Bertz CT molecular complexity index is 878. The van der Waals surface area contributed by atoms with Crippen molar-refractivity contribution in [3.63, 3.8) is 0 Å². The quantitative estimate of drug-likeness (QED) is 0.0600. The number of ether oxygens (including phenoxy) is 11. The summed E-state index contributed by atoms with van der Waals surface area (Å²) in [7, 11) is 0. The predicted octanol–water partition coefficient (Wildman–Crippen LogP) is 5.85. The molecule has 298 valence electrons. The molecule has 12 nitrogen and oxygen atoms in total. The van der Waals surface area contributed by atoms with Crippen molar-refractivity contribution in [1.29, 1.82) is 0 Å². The van der Waals surface area contributed by atoms with Crippen LogP contribution in [0, 0.1) is 0 Å². The Hall–Kier alpha value is -1.87. The van der Waals surface area contributed by atoms with Crippen molar-refractivity contribution in [3.8, 4) is 5.75 Å². The molecule has 0 spiro atoms. The Morgan fingerprint density at radius 2 is 0.824 bits per heavy atom. The highest BCUT2D eigenvalue weighted by Gasteiger charge is 2.15. The zero-order valence-corrected chi connectivity index (χ0v) is 32.3. The van der Waals surface area contributed by atoms with Gasteiger partial charge in [0.1, 0.15) is 24.6 Å². The van der Waals surface area contributed by atoms with Crippen molar-refractivity contribution in [2.24, 2.45) is 0 Å². The minimum absolute atomic E-state index is 0.0810.